The molecule has 0 aromatic heterocycles. The average Bonchev–Trinajstić information content (AvgIpc) is 2.71. The molecule has 1 heterocycles. The van der Waals surface area contributed by atoms with Crippen molar-refractivity contribution >= 4 is 22.7 Å². The molecule has 1 aliphatic rings. The lowest BCUT2D eigenvalue weighted by atomic mass is 9.86. The zero-order chi connectivity index (χ0) is 26.8. The van der Waals surface area contributed by atoms with Gasteiger partial charge >= 0.3 is 0 Å². The lowest BCUT2D eigenvalue weighted by Gasteiger charge is -2.46. The lowest BCUT2D eigenvalue weighted by molar-refractivity contribution is -0.557. The Hall–Kier alpha value is -1.37. The molecule has 7 nitrogen and oxygen atoms in total. The summed E-state index contributed by atoms with van der Waals surface area (Å²) in [7, 11) is -4.54. The first kappa shape index (κ1) is 29.9. The molecular formula is C26H45NO6Si2. The molecule has 1 aliphatic heterocycles. The first-order valence-electron chi connectivity index (χ1n) is 12.4. The first-order chi connectivity index (χ1) is 15.9. The SMILES string of the molecule is CC(C)(C)[Si](C)(C)OC[C@H]1O[C@H](O)[C@@H](O[Si](C)(C)C(C)(C)C)[C@@H](/C=C/c2ccccc2)[C@@H]1[N+](=O)[O-]. The quantitative estimate of drug-likeness (QED) is 0.252. The molecule has 2 rings (SSSR count). The second-order valence-electron chi connectivity index (χ2n) is 12.6. The Labute approximate surface area is 213 Å². The standard InChI is InChI=1S/C26H45NO6Si2/c1-25(2,3)34(7,8)31-18-21-22(27(29)30)20(17-16-19-14-12-11-13-15-19)23(24(28)32-21)33-35(9,10)26(4,5)6/h11-17,20-24,28H,18H2,1-10H3/b17-16+/t20-,21+,22-,23-,24-/m0/s1. The smallest absolute Gasteiger partial charge is 0.249 e. The van der Waals surface area contributed by atoms with Gasteiger partial charge in [-0.15, -0.1) is 0 Å². The Morgan fingerprint density at radius 1 is 1.03 bits per heavy atom. The molecule has 1 aromatic rings. The summed E-state index contributed by atoms with van der Waals surface area (Å²) < 4.78 is 18.8. The van der Waals surface area contributed by atoms with Crippen LogP contribution in [0.25, 0.3) is 6.08 Å². The molecule has 0 bridgehead atoms. The molecule has 0 saturated carbocycles. The predicted octanol–water partition coefficient (Wildman–Crippen LogP) is 6.09. The number of nitrogens with zero attached hydrogens (tertiary/aromatic N) is 1. The second-order valence-corrected chi connectivity index (χ2v) is 22.2. The van der Waals surface area contributed by atoms with Gasteiger partial charge < -0.3 is 18.7 Å². The molecule has 1 fully saturated rings. The molecule has 1 N–H and O–H groups in total. The number of aliphatic hydroxyl groups is 1. The third-order valence-corrected chi connectivity index (χ3v) is 16.9. The van der Waals surface area contributed by atoms with Gasteiger partial charge in [0.15, 0.2) is 29.0 Å². The van der Waals surface area contributed by atoms with Crippen molar-refractivity contribution < 1.29 is 23.6 Å². The maximum Gasteiger partial charge on any atom is 0.249 e. The van der Waals surface area contributed by atoms with E-state index in [0.717, 1.165) is 5.56 Å². The highest BCUT2D eigenvalue weighted by atomic mass is 28.4. The van der Waals surface area contributed by atoms with Crippen LogP contribution >= 0.6 is 0 Å². The van der Waals surface area contributed by atoms with Gasteiger partial charge in [0.2, 0.25) is 6.04 Å². The van der Waals surface area contributed by atoms with Crippen molar-refractivity contribution in [1.82, 2.24) is 0 Å². The molecule has 0 amide bonds. The van der Waals surface area contributed by atoms with E-state index in [9.17, 15) is 15.2 Å². The molecule has 1 aromatic carbocycles. The van der Waals surface area contributed by atoms with Gasteiger partial charge in [0.1, 0.15) is 6.10 Å². The van der Waals surface area contributed by atoms with Gasteiger partial charge in [0.25, 0.3) is 0 Å². The van der Waals surface area contributed by atoms with Crippen LogP contribution in [0.4, 0.5) is 0 Å². The van der Waals surface area contributed by atoms with Crippen LogP contribution < -0.4 is 0 Å². The van der Waals surface area contributed by atoms with Crippen molar-refractivity contribution in [3.63, 3.8) is 0 Å². The summed E-state index contributed by atoms with van der Waals surface area (Å²) in [6.07, 6.45) is 0.645. The number of hydrogen-bond donors (Lipinski definition) is 1. The van der Waals surface area contributed by atoms with E-state index in [-0.39, 0.29) is 21.6 Å². The van der Waals surface area contributed by atoms with E-state index < -0.39 is 47.1 Å². The highest BCUT2D eigenvalue weighted by molar-refractivity contribution is 6.74. The fourth-order valence-corrected chi connectivity index (χ4v) is 5.88. The molecule has 5 atom stereocenters. The van der Waals surface area contributed by atoms with Gasteiger partial charge in [-0.3, -0.25) is 10.1 Å². The summed E-state index contributed by atoms with van der Waals surface area (Å²) in [5.74, 6) is -0.684. The van der Waals surface area contributed by atoms with Crippen molar-refractivity contribution in [3.8, 4) is 0 Å². The van der Waals surface area contributed by atoms with Crippen molar-refractivity contribution in [2.45, 2.75) is 102 Å². The molecule has 0 radical (unpaired) electrons. The topological polar surface area (TPSA) is 91.1 Å². The second kappa shape index (κ2) is 10.9. The van der Waals surface area contributed by atoms with Crippen molar-refractivity contribution in [2.75, 3.05) is 6.61 Å². The maximum atomic E-state index is 12.4. The van der Waals surface area contributed by atoms with E-state index in [1.807, 2.05) is 42.5 Å². The van der Waals surface area contributed by atoms with Gasteiger partial charge in [0, 0.05) is 4.92 Å². The predicted molar refractivity (Wildman–Crippen MR) is 146 cm³/mol. The summed E-state index contributed by atoms with van der Waals surface area (Å²) in [5.41, 5.74) is 0.927. The largest absolute Gasteiger partial charge is 0.414 e. The normalized spacial score (nSPS) is 26.8. The minimum Gasteiger partial charge on any atom is -0.414 e. The molecule has 198 valence electrons. The molecule has 0 spiro atoms. The summed E-state index contributed by atoms with van der Waals surface area (Å²) in [6, 6.07) is 8.53. The van der Waals surface area contributed by atoms with Crippen molar-refractivity contribution in [2.24, 2.45) is 5.92 Å². The molecule has 1 saturated heterocycles. The van der Waals surface area contributed by atoms with Crippen LogP contribution in [0.2, 0.25) is 36.3 Å². The fourth-order valence-electron chi connectivity index (χ4n) is 3.55. The number of hydrogen-bond acceptors (Lipinski definition) is 6. The molecule has 0 aliphatic carbocycles. The van der Waals surface area contributed by atoms with Crippen LogP contribution in [-0.4, -0.2) is 57.8 Å². The molecule has 9 heteroatoms. The molecular weight excluding hydrogens is 478 g/mol. The average molecular weight is 524 g/mol. The fraction of sp³-hybridized carbons (Fsp3) is 0.692. The minimum absolute atomic E-state index is 0.0506. The minimum atomic E-state index is -2.36. The molecule has 0 unspecified atom stereocenters. The third kappa shape index (κ3) is 7.33. The highest BCUT2D eigenvalue weighted by Gasteiger charge is 2.54. The Morgan fingerprint density at radius 2 is 1.57 bits per heavy atom. The summed E-state index contributed by atoms with van der Waals surface area (Å²) in [4.78, 5) is 12.1. The van der Waals surface area contributed by atoms with Crippen LogP contribution in [0.5, 0.6) is 0 Å². The van der Waals surface area contributed by atoms with Crippen molar-refractivity contribution in [1.29, 1.82) is 0 Å². The van der Waals surface area contributed by atoms with Gasteiger partial charge in [-0.1, -0.05) is 84.0 Å². The Morgan fingerprint density at radius 3 is 2.06 bits per heavy atom. The van der Waals surface area contributed by atoms with E-state index >= 15 is 0 Å². The van der Waals surface area contributed by atoms with Crippen LogP contribution in [-0.2, 0) is 13.6 Å². The number of nitro groups is 1. The number of rotatable bonds is 8. The number of ether oxygens (including phenoxy) is 1. The number of aliphatic hydroxyl groups excluding tert-OH is 1. The Bertz CT molecular complexity index is 876. The monoisotopic (exact) mass is 523 g/mol. The van der Waals surface area contributed by atoms with Crippen LogP contribution in [0.15, 0.2) is 36.4 Å². The van der Waals surface area contributed by atoms with Gasteiger partial charge in [-0.25, -0.2) is 0 Å². The highest BCUT2D eigenvalue weighted by Crippen LogP contribution is 2.42. The van der Waals surface area contributed by atoms with E-state index in [4.69, 9.17) is 13.6 Å². The Kier molecular flexibility index (Phi) is 9.33. The molecule has 35 heavy (non-hydrogen) atoms. The van der Waals surface area contributed by atoms with Gasteiger partial charge in [-0.2, -0.15) is 0 Å². The maximum absolute atomic E-state index is 12.4. The zero-order valence-corrected chi connectivity index (χ0v) is 25.1. The van der Waals surface area contributed by atoms with E-state index in [1.54, 1.807) is 0 Å². The summed E-state index contributed by atoms with van der Waals surface area (Å²) in [5, 5.41) is 23.4. The number of benzene rings is 1. The third-order valence-electron chi connectivity index (χ3n) is 7.96. The first-order valence-corrected chi connectivity index (χ1v) is 18.2. The van der Waals surface area contributed by atoms with E-state index in [1.165, 1.54) is 0 Å². The lowest BCUT2D eigenvalue weighted by Crippen LogP contribution is -2.62. The summed E-state index contributed by atoms with van der Waals surface area (Å²) in [6.45, 7) is 21.1. The zero-order valence-electron chi connectivity index (χ0n) is 23.1. The van der Waals surface area contributed by atoms with E-state index in [2.05, 4.69) is 67.7 Å². The van der Waals surface area contributed by atoms with Crippen LogP contribution in [0.1, 0.15) is 47.1 Å². The van der Waals surface area contributed by atoms with Gasteiger partial charge in [-0.05, 0) is 41.8 Å². The van der Waals surface area contributed by atoms with Gasteiger partial charge in [0.05, 0.1) is 12.5 Å². The van der Waals surface area contributed by atoms with Crippen LogP contribution in [0.3, 0.4) is 0 Å². The van der Waals surface area contributed by atoms with E-state index in [0.29, 0.717) is 0 Å². The van der Waals surface area contributed by atoms with Crippen molar-refractivity contribution in [3.05, 3.63) is 52.1 Å². The summed E-state index contributed by atoms with van der Waals surface area (Å²) >= 11 is 0. The Balaban J connectivity index is 2.45. The van der Waals surface area contributed by atoms with Crippen LogP contribution in [0, 0.1) is 16.0 Å².